The van der Waals surface area contributed by atoms with Gasteiger partial charge in [-0.05, 0) is 50.1 Å². The minimum atomic E-state index is -0.230. The number of hydrogen-bond acceptors (Lipinski definition) is 5. The highest BCUT2D eigenvalue weighted by molar-refractivity contribution is 8.00. The monoisotopic (exact) mass is 375 g/mol. The van der Waals surface area contributed by atoms with Crippen molar-refractivity contribution in [2.45, 2.75) is 25.8 Å². The second kappa shape index (κ2) is 8.24. The average molecular weight is 376 g/mol. The van der Waals surface area contributed by atoms with Crippen LogP contribution in [0.4, 0.5) is 5.69 Å². The number of aromatic nitrogens is 1. The SMILES string of the molecule is COc1ccc(Cl)cc1NC(=O)CSc1nc(C)c(C)c(C)c1C#N. The van der Waals surface area contributed by atoms with Crippen molar-refractivity contribution >= 4 is 35.0 Å². The van der Waals surface area contributed by atoms with Gasteiger partial charge in [0.1, 0.15) is 16.8 Å². The Morgan fingerprint density at radius 2 is 2.08 bits per heavy atom. The summed E-state index contributed by atoms with van der Waals surface area (Å²) in [5, 5.41) is 13.2. The molecule has 1 N–H and O–H groups in total. The molecule has 2 rings (SSSR count). The largest absolute Gasteiger partial charge is 0.495 e. The molecule has 0 atom stereocenters. The highest BCUT2D eigenvalue weighted by Crippen LogP contribution is 2.29. The Balaban J connectivity index is 2.14. The van der Waals surface area contributed by atoms with Crippen molar-refractivity contribution in [3.8, 4) is 11.8 Å². The van der Waals surface area contributed by atoms with Crippen LogP contribution in [-0.2, 0) is 4.79 Å². The van der Waals surface area contributed by atoms with E-state index >= 15 is 0 Å². The van der Waals surface area contributed by atoms with Crippen LogP contribution >= 0.6 is 23.4 Å². The van der Waals surface area contributed by atoms with Crippen molar-refractivity contribution in [3.63, 3.8) is 0 Å². The van der Waals surface area contributed by atoms with Gasteiger partial charge in [-0.1, -0.05) is 23.4 Å². The van der Waals surface area contributed by atoms with Gasteiger partial charge >= 0.3 is 0 Å². The van der Waals surface area contributed by atoms with Crippen molar-refractivity contribution < 1.29 is 9.53 Å². The molecule has 7 heteroatoms. The first-order chi connectivity index (χ1) is 11.9. The lowest BCUT2D eigenvalue weighted by Gasteiger charge is -2.12. The Morgan fingerprint density at radius 1 is 1.36 bits per heavy atom. The number of halogens is 1. The molecular formula is C18H18ClN3O2S. The molecule has 0 aliphatic carbocycles. The molecular weight excluding hydrogens is 358 g/mol. The molecule has 0 saturated carbocycles. The highest BCUT2D eigenvalue weighted by atomic mass is 35.5. The highest BCUT2D eigenvalue weighted by Gasteiger charge is 2.15. The number of hydrogen-bond donors (Lipinski definition) is 1. The predicted octanol–water partition coefficient (Wildman–Crippen LogP) is 4.27. The fourth-order valence-electron chi connectivity index (χ4n) is 2.25. The van der Waals surface area contributed by atoms with E-state index in [0.717, 1.165) is 16.8 Å². The van der Waals surface area contributed by atoms with Crippen LogP contribution in [0.3, 0.4) is 0 Å². The number of pyridine rings is 1. The Morgan fingerprint density at radius 3 is 2.72 bits per heavy atom. The number of carbonyl (C=O) groups excluding carboxylic acids is 1. The Bertz CT molecular complexity index is 862. The summed E-state index contributed by atoms with van der Waals surface area (Å²) in [6.45, 7) is 5.72. The number of nitrogens with zero attached hydrogens (tertiary/aromatic N) is 2. The van der Waals surface area contributed by atoms with E-state index in [1.165, 1.54) is 18.9 Å². The number of rotatable bonds is 5. The quantitative estimate of drug-likeness (QED) is 0.790. The van der Waals surface area contributed by atoms with E-state index in [1.54, 1.807) is 18.2 Å². The number of aryl methyl sites for hydroxylation is 1. The van der Waals surface area contributed by atoms with Crippen molar-refractivity contribution in [1.29, 1.82) is 5.26 Å². The van der Waals surface area contributed by atoms with Crippen LogP contribution in [0.1, 0.15) is 22.4 Å². The van der Waals surface area contributed by atoms with E-state index in [-0.39, 0.29) is 11.7 Å². The summed E-state index contributed by atoms with van der Waals surface area (Å²) in [5.74, 6) is 0.423. The second-order valence-electron chi connectivity index (χ2n) is 5.42. The zero-order valence-electron chi connectivity index (χ0n) is 14.4. The van der Waals surface area contributed by atoms with Crippen molar-refractivity contribution in [1.82, 2.24) is 4.98 Å². The molecule has 2 aromatic rings. The van der Waals surface area contributed by atoms with Gasteiger partial charge in [-0.15, -0.1) is 0 Å². The number of methoxy groups -OCH3 is 1. The number of nitriles is 1. The molecule has 1 aromatic carbocycles. The molecule has 0 unspecified atom stereocenters. The third kappa shape index (κ3) is 4.44. The van der Waals surface area contributed by atoms with E-state index in [9.17, 15) is 10.1 Å². The lowest BCUT2D eigenvalue weighted by Crippen LogP contribution is -2.15. The van der Waals surface area contributed by atoms with Gasteiger partial charge in [0.2, 0.25) is 5.91 Å². The summed E-state index contributed by atoms with van der Waals surface area (Å²) >= 11 is 7.20. The van der Waals surface area contributed by atoms with E-state index in [1.807, 2.05) is 20.8 Å². The third-order valence-corrected chi connectivity index (χ3v) is 5.06. The van der Waals surface area contributed by atoms with E-state index in [2.05, 4.69) is 16.4 Å². The van der Waals surface area contributed by atoms with Crippen LogP contribution in [0.15, 0.2) is 23.2 Å². The van der Waals surface area contributed by atoms with Crippen LogP contribution in [0.25, 0.3) is 0 Å². The molecule has 25 heavy (non-hydrogen) atoms. The zero-order chi connectivity index (χ0) is 18.6. The number of anilines is 1. The summed E-state index contributed by atoms with van der Waals surface area (Å²) in [4.78, 5) is 16.7. The first-order valence-electron chi connectivity index (χ1n) is 7.51. The maximum Gasteiger partial charge on any atom is 0.234 e. The van der Waals surface area contributed by atoms with Crippen LogP contribution in [0.2, 0.25) is 5.02 Å². The lowest BCUT2D eigenvalue weighted by molar-refractivity contribution is -0.113. The van der Waals surface area contributed by atoms with Gasteiger partial charge < -0.3 is 10.1 Å². The molecule has 0 aliphatic heterocycles. The van der Waals surface area contributed by atoms with E-state index in [4.69, 9.17) is 16.3 Å². The summed E-state index contributed by atoms with van der Waals surface area (Å²) in [5.41, 5.74) is 3.77. The van der Waals surface area contributed by atoms with Gasteiger partial charge in [0.05, 0.1) is 24.1 Å². The van der Waals surface area contributed by atoms with Gasteiger partial charge in [-0.2, -0.15) is 5.26 Å². The minimum Gasteiger partial charge on any atom is -0.495 e. The molecule has 0 radical (unpaired) electrons. The molecule has 1 amide bonds. The normalized spacial score (nSPS) is 10.2. The van der Waals surface area contributed by atoms with Crippen molar-refractivity contribution in [2.75, 3.05) is 18.2 Å². The van der Waals surface area contributed by atoms with Gasteiger partial charge in [-0.25, -0.2) is 4.98 Å². The number of nitrogens with one attached hydrogen (secondary N) is 1. The molecule has 5 nitrogen and oxygen atoms in total. The fourth-order valence-corrected chi connectivity index (χ4v) is 3.30. The molecule has 0 bridgehead atoms. The smallest absolute Gasteiger partial charge is 0.234 e. The second-order valence-corrected chi connectivity index (χ2v) is 6.82. The third-order valence-electron chi connectivity index (χ3n) is 3.85. The van der Waals surface area contributed by atoms with E-state index < -0.39 is 0 Å². The van der Waals surface area contributed by atoms with Crippen LogP contribution in [0, 0.1) is 32.1 Å². The van der Waals surface area contributed by atoms with Gasteiger partial charge in [-0.3, -0.25) is 4.79 Å². The van der Waals surface area contributed by atoms with Gasteiger partial charge in [0.25, 0.3) is 0 Å². The van der Waals surface area contributed by atoms with Crippen molar-refractivity contribution in [2.24, 2.45) is 0 Å². The zero-order valence-corrected chi connectivity index (χ0v) is 16.0. The van der Waals surface area contributed by atoms with Crippen LogP contribution in [0.5, 0.6) is 5.75 Å². The first-order valence-corrected chi connectivity index (χ1v) is 8.87. The van der Waals surface area contributed by atoms with Crippen LogP contribution < -0.4 is 10.1 Å². The van der Waals surface area contributed by atoms with Crippen molar-refractivity contribution in [3.05, 3.63) is 45.6 Å². The Hall–Kier alpha value is -2.23. The Kier molecular flexibility index (Phi) is 6.29. The molecule has 0 saturated heterocycles. The topological polar surface area (TPSA) is 75.0 Å². The minimum absolute atomic E-state index is 0.124. The Labute approximate surface area is 156 Å². The first kappa shape index (κ1) is 19.1. The maximum atomic E-state index is 12.3. The van der Waals surface area contributed by atoms with Gasteiger partial charge in [0, 0.05) is 10.7 Å². The summed E-state index contributed by atoms with van der Waals surface area (Å²) in [6.07, 6.45) is 0. The maximum absolute atomic E-state index is 12.3. The number of carbonyl (C=O) groups is 1. The van der Waals surface area contributed by atoms with Crippen LogP contribution in [-0.4, -0.2) is 23.8 Å². The lowest BCUT2D eigenvalue weighted by atomic mass is 10.1. The molecule has 0 spiro atoms. The molecule has 130 valence electrons. The van der Waals surface area contributed by atoms with E-state index in [0.29, 0.717) is 27.0 Å². The predicted molar refractivity (Wildman–Crippen MR) is 101 cm³/mol. The summed E-state index contributed by atoms with van der Waals surface area (Å²) < 4.78 is 5.21. The molecule has 0 aliphatic rings. The number of benzene rings is 1. The number of amides is 1. The number of ether oxygens (including phenoxy) is 1. The summed E-state index contributed by atoms with van der Waals surface area (Å²) in [7, 11) is 1.52. The van der Waals surface area contributed by atoms with Gasteiger partial charge in [0.15, 0.2) is 0 Å². The molecule has 1 heterocycles. The summed E-state index contributed by atoms with van der Waals surface area (Å²) in [6, 6.07) is 7.18. The fraction of sp³-hybridized carbons (Fsp3) is 0.278. The standard InChI is InChI=1S/C18H18ClN3O2S/c1-10-11(2)14(8-20)18(21-12(10)3)25-9-17(23)22-15-7-13(19)5-6-16(15)24-4/h5-7H,9H2,1-4H3,(H,22,23). The average Bonchev–Trinajstić information content (AvgIpc) is 2.58. The number of thioether (sulfide) groups is 1. The molecule has 1 aromatic heterocycles. The molecule has 0 fully saturated rings.